The standard InChI is InChI=1S/C18H22N2O6/c1-4-26-12-7-9(5-6-11(12)21)13-14-10(19-20-16(14)22)8-18(2,24)15(13)17(23)25-3/h5-7,13,15,21,24H,4,8H2,1-3H3,(H2,19,20,22)/t13-,15+,18-/m1/s1. The van der Waals surface area contributed by atoms with E-state index in [9.17, 15) is 19.8 Å². The molecule has 0 saturated heterocycles. The van der Waals surface area contributed by atoms with Crippen LogP contribution in [0.1, 0.15) is 36.6 Å². The number of aromatic amines is 2. The highest BCUT2D eigenvalue weighted by atomic mass is 16.5. The number of benzene rings is 1. The maximum atomic E-state index is 12.5. The lowest BCUT2D eigenvalue weighted by molar-refractivity contribution is -0.156. The Hall–Kier alpha value is -2.74. The zero-order chi connectivity index (χ0) is 19.1. The molecule has 4 N–H and O–H groups in total. The zero-order valence-corrected chi connectivity index (χ0v) is 14.8. The summed E-state index contributed by atoms with van der Waals surface area (Å²) in [6.07, 6.45) is 0.105. The maximum absolute atomic E-state index is 12.5. The normalized spacial score (nSPS) is 24.8. The van der Waals surface area contributed by atoms with E-state index in [0.29, 0.717) is 23.4 Å². The summed E-state index contributed by atoms with van der Waals surface area (Å²) in [5, 5.41) is 26.2. The Kier molecular flexibility index (Phi) is 4.53. The number of phenols is 1. The van der Waals surface area contributed by atoms with E-state index in [2.05, 4.69) is 10.2 Å². The molecule has 0 spiro atoms. The fourth-order valence-corrected chi connectivity index (χ4v) is 3.74. The van der Waals surface area contributed by atoms with Gasteiger partial charge in [-0.3, -0.25) is 14.7 Å². The van der Waals surface area contributed by atoms with E-state index in [-0.39, 0.29) is 23.5 Å². The summed E-state index contributed by atoms with van der Waals surface area (Å²) in [6.45, 7) is 3.67. The van der Waals surface area contributed by atoms with Crippen LogP contribution in [0.2, 0.25) is 0 Å². The van der Waals surface area contributed by atoms with E-state index in [1.807, 2.05) is 0 Å². The lowest BCUT2D eigenvalue weighted by atomic mass is 9.66. The quantitative estimate of drug-likeness (QED) is 0.602. The summed E-state index contributed by atoms with van der Waals surface area (Å²) in [5.41, 5.74) is -0.316. The average molecular weight is 362 g/mol. The van der Waals surface area contributed by atoms with Crippen LogP contribution in [0, 0.1) is 5.92 Å². The third kappa shape index (κ3) is 2.86. The topological polar surface area (TPSA) is 125 Å². The van der Waals surface area contributed by atoms with E-state index >= 15 is 0 Å². The molecule has 0 bridgehead atoms. The third-order valence-electron chi connectivity index (χ3n) is 4.84. The van der Waals surface area contributed by atoms with Gasteiger partial charge in [-0.25, -0.2) is 0 Å². The Labute approximate surface area is 149 Å². The molecule has 1 aromatic carbocycles. The van der Waals surface area contributed by atoms with E-state index in [1.54, 1.807) is 26.0 Å². The number of fused-ring (bicyclic) bond motifs is 1. The SMILES string of the molecule is CCOc1cc([C@@H]2c3c([nH][nH]c3=O)C[C@@](C)(O)[C@@H]2C(=O)OC)ccc1O. The first-order chi connectivity index (χ1) is 12.3. The smallest absolute Gasteiger partial charge is 0.312 e. The van der Waals surface area contributed by atoms with Crippen LogP contribution in [0.4, 0.5) is 0 Å². The van der Waals surface area contributed by atoms with E-state index in [1.165, 1.54) is 13.2 Å². The van der Waals surface area contributed by atoms with Crippen LogP contribution in [0.5, 0.6) is 11.5 Å². The van der Waals surface area contributed by atoms with Gasteiger partial charge in [0.25, 0.3) is 5.56 Å². The first-order valence-electron chi connectivity index (χ1n) is 8.35. The van der Waals surface area contributed by atoms with Crippen LogP contribution in [0.15, 0.2) is 23.0 Å². The molecule has 0 aliphatic heterocycles. The monoisotopic (exact) mass is 362 g/mol. The lowest BCUT2D eigenvalue weighted by Crippen LogP contribution is -2.49. The fraction of sp³-hybridized carbons (Fsp3) is 0.444. The summed E-state index contributed by atoms with van der Waals surface area (Å²) in [7, 11) is 1.24. The predicted molar refractivity (Wildman–Crippen MR) is 92.4 cm³/mol. The van der Waals surface area contributed by atoms with Gasteiger partial charge >= 0.3 is 5.97 Å². The lowest BCUT2D eigenvalue weighted by Gasteiger charge is -2.40. The highest BCUT2D eigenvalue weighted by Crippen LogP contribution is 2.45. The molecule has 3 atom stereocenters. The van der Waals surface area contributed by atoms with Crippen molar-refractivity contribution in [1.82, 2.24) is 10.2 Å². The number of phenolic OH excluding ortho intramolecular Hbond substituents is 1. The molecule has 1 aliphatic rings. The Morgan fingerprint density at radius 3 is 2.77 bits per heavy atom. The highest BCUT2D eigenvalue weighted by molar-refractivity contribution is 5.77. The Morgan fingerprint density at radius 1 is 1.38 bits per heavy atom. The first-order valence-corrected chi connectivity index (χ1v) is 8.35. The second kappa shape index (κ2) is 6.53. The van der Waals surface area contributed by atoms with Crippen molar-refractivity contribution in [2.45, 2.75) is 31.8 Å². The van der Waals surface area contributed by atoms with Gasteiger partial charge in [-0.1, -0.05) is 6.07 Å². The molecule has 1 heterocycles. The van der Waals surface area contributed by atoms with Crippen LogP contribution >= 0.6 is 0 Å². The molecule has 0 radical (unpaired) electrons. The van der Waals surface area contributed by atoms with Crippen LogP contribution in [0.3, 0.4) is 0 Å². The molecule has 140 valence electrons. The third-order valence-corrected chi connectivity index (χ3v) is 4.84. The van der Waals surface area contributed by atoms with Gasteiger partial charge in [0.1, 0.15) is 0 Å². The van der Waals surface area contributed by atoms with Gasteiger partial charge in [-0.2, -0.15) is 0 Å². The number of esters is 1. The molecule has 8 heteroatoms. The second-order valence-electron chi connectivity index (χ2n) is 6.64. The Bertz CT molecular complexity index is 882. The van der Waals surface area contributed by atoms with Crippen molar-refractivity contribution >= 4 is 5.97 Å². The molecule has 1 aromatic heterocycles. The molecule has 26 heavy (non-hydrogen) atoms. The van der Waals surface area contributed by atoms with Crippen LogP contribution in [-0.2, 0) is 16.0 Å². The van der Waals surface area contributed by atoms with Crippen LogP contribution in [0.25, 0.3) is 0 Å². The number of rotatable bonds is 4. The van der Waals surface area contributed by atoms with Crippen molar-refractivity contribution < 1.29 is 24.5 Å². The number of ether oxygens (including phenoxy) is 2. The fourth-order valence-electron chi connectivity index (χ4n) is 3.74. The summed E-state index contributed by atoms with van der Waals surface area (Å²) in [6, 6.07) is 4.63. The first kappa shape index (κ1) is 18.1. The zero-order valence-electron chi connectivity index (χ0n) is 14.8. The largest absolute Gasteiger partial charge is 0.504 e. The van der Waals surface area contributed by atoms with Crippen molar-refractivity contribution in [3.05, 3.63) is 45.4 Å². The minimum absolute atomic E-state index is 0.0454. The predicted octanol–water partition coefficient (Wildman–Crippen LogP) is 1.04. The van der Waals surface area contributed by atoms with Gasteiger partial charge in [0.15, 0.2) is 11.5 Å². The van der Waals surface area contributed by atoms with Gasteiger partial charge in [-0.15, -0.1) is 0 Å². The molecule has 3 rings (SSSR count). The summed E-state index contributed by atoms with van der Waals surface area (Å²) in [4.78, 5) is 24.9. The number of aromatic hydroxyl groups is 1. The second-order valence-corrected chi connectivity index (χ2v) is 6.64. The van der Waals surface area contributed by atoms with Crippen molar-refractivity contribution in [3.63, 3.8) is 0 Å². The van der Waals surface area contributed by atoms with Crippen LogP contribution < -0.4 is 10.3 Å². The summed E-state index contributed by atoms with van der Waals surface area (Å²) in [5.74, 6) is -2.16. The number of methoxy groups -OCH3 is 1. The molecule has 0 fully saturated rings. The maximum Gasteiger partial charge on any atom is 0.312 e. The number of carbonyl (C=O) groups excluding carboxylic acids is 1. The van der Waals surface area contributed by atoms with Gasteiger partial charge < -0.3 is 24.8 Å². The van der Waals surface area contributed by atoms with Crippen molar-refractivity contribution in [3.8, 4) is 11.5 Å². The van der Waals surface area contributed by atoms with Crippen molar-refractivity contribution in [2.75, 3.05) is 13.7 Å². The highest BCUT2D eigenvalue weighted by Gasteiger charge is 2.51. The minimum Gasteiger partial charge on any atom is -0.504 e. The van der Waals surface area contributed by atoms with Gasteiger partial charge in [0, 0.05) is 23.6 Å². The number of H-pyrrole nitrogens is 2. The molecule has 0 unspecified atom stereocenters. The molecular weight excluding hydrogens is 340 g/mol. The van der Waals surface area contributed by atoms with Gasteiger partial charge in [0.05, 0.1) is 25.2 Å². The number of aromatic nitrogens is 2. The van der Waals surface area contributed by atoms with E-state index < -0.39 is 23.4 Å². The van der Waals surface area contributed by atoms with Crippen LogP contribution in [-0.4, -0.2) is 45.7 Å². The minimum atomic E-state index is -1.43. The van der Waals surface area contributed by atoms with Crippen molar-refractivity contribution in [1.29, 1.82) is 0 Å². The van der Waals surface area contributed by atoms with Gasteiger partial charge in [0.2, 0.25) is 0 Å². The number of hydrogen-bond acceptors (Lipinski definition) is 6. The molecule has 2 aromatic rings. The summed E-state index contributed by atoms with van der Waals surface area (Å²) < 4.78 is 10.3. The Balaban J connectivity index is 2.23. The molecule has 0 saturated carbocycles. The van der Waals surface area contributed by atoms with E-state index in [0.717, 1.165) is 0 Å². The molecule has 8 nitrogen and oxygen atoms in total. The number of carbonyl (C=O) groups is 1. The molecule has 1 aliphatic carbocycles. The van der Waals surface area contributed by atoms with E-state index in [4.69, 9.17) is 9.47 Å². The summed E-state index contributed by atoms with van der Waals surface area (Å²) >= 11 is 0. The Morgan fingerprint density at radius 2 is 2.12 bits per heavy atom. The molecular formula is C18H22N2O6. The van der Waals surface area contributed by atoms with Gasteiger partial charge in [-0.05, 0) is 31.5 Å². The van der Waals surface area contributed by atoms with Crippen molar-refractivity contribution in [2.24, 2.45) is 5.92 Å². The number of hydrogen-bond donors (Lipinski definition) is 4. The number of nitrogens with one attached hydrogen (secondary N) is 2. The average Bonchev–Trinajstić information content (AvgIpc) is 2.94. The molecule has 0 amide bonds. The number of aliphatic hydroxyl groups is 1.